The van der Waals surface area contributed by atoms with Crippen molar-refractivity contribution in [1.82, 2.24) is 9.97 Å². The highest BCUT2D eigenvalue weighted by Gasteiger charge is 2.20. The summed E-state index contributed by atoms with van der Waals surface area (Å²) in [5.41, 5.74) is 0. The van der Waals surface area contributed by atoms with E-state index in [1.807, 2.05) is 6.92 Å². The highest BCUT2D eigenvalue weighted by molar-refractivity contribution is 5.63. The van der Waals surface area contributed by atoms with Crippen molar-refractivity contribution in [3.63, 3.8) is 0 Å². The lowest BCUT2D eigenvalue weighted by atomic mass is 9.81. The maximum atomic E-state index is 5.45. The number of nitrogens with one attached hydrogen (secondary N) is 2. The van der Waals surface area contributed by atoms with Crippen molar-refractivity contribution in [3.05, 3.63) is 6.33 Å². The quantitative estimate of drug-likeness (QED) is 0.805. The van der Waals surface area contributed by atoms with E-state index in [2.05, 4.69) is 27.5 Å². The van der Waals surface area contributed by atoms with E-state index in [-0.39, 0.29) is 0 Å². The van der Waals surface area contributed by atoms with Crippen molar-refractivity contribution in [2.24, 2.45) is 11.8 Å². The molecule has 118 valence electrons. The van der Waals surface area contributed by atoms with E-state index in [1.165, 1.54) is 32.1 Å². The summed E-state index contributed by atoms with van der Waals surface area (Å²) < 4.78 is 5.45. The number of nitrogens with zero attached hydrogens (tertiary/aromatic N) is 2. The van der Waals surface area contributed by atoms with Crippen molar-refractivity contribution in [1.29, 1.82) is 0 Å². The fourth-order valence-electron chi connectivity index (χ4n) is 3.07. The van der Waals surface area contributed by atoms with E-state index in [4.69, 9.17) is 4.74 Å². The largest absolute Gasteiger partial charge is 0.490 e. The highest BCUT2D eigenvalue weighted by atomic mass is 16.5. The van der Waals surface area contributed by atoms with Crippen molar-refractivity contribution < 1.29 is 4.74 Å². The molecule has 1 aromatic heterocycles. The van der Waals surface area contributed by atoms with Crippen LogP contribution in [0.4, 0.5) is 11.6 Å². The summed E-state index contributed by atoms with van der Waals surface area (Å²) in [6.07, 6.45) is 8.28. The second-order valence-corrected chi connectivity index (χ2v) is 5.81. The molecule has 5 nitrogen and oxygen atoms in total. The molecule has 0 atom stereocenters. The molecule has 0 saturated heterocycles. The molecule has 0 aromatic carbocycles. The molecule has 0 amide bonds. The van der Waals surface area contributed by atoms with E-state index in [0.29, 0.717) is 5.75 Å². The van der Waals surface area contributed by atoms with E-state index in [0.717, 1.165) is 36.6 Å². The number of methoxy groups -OCH3 is 1. The molecule has 21 heavy (non-hydrogen) atoms. The van der Waals surface area contributed by atoms with Crippen LogP contribution in [0.5, 0.6) is 5.75 Å². The van der Waals surface area contributed by atoms with Gasteiger partial charge in [-0.2, -0.15) is 0 Å². The van der Waals surface area contributed by atoms with Crippen LogP contribution in [0.2, 0.25) is 0 Å². The minimum Gasteiger partial charge on any atom is -0.490 e. The molecule has 1 heterocycles. The van der Waals surface area contributed by atoms with E-state index >= 15 is 0 Å². The first kappa shape index (κ1) is 15.9. The molecule has 5 heteroatoms. The SMILES string of the molecule is CCNc1ncnc(NCC2CCC(CC)CC2)c1OC. The maximum absolute atomic E-state index is 5.45. The number of anilines is 2. The van der Waals surface area contributed by atoms with Gasteiger partial charge in [-0.1, -0.05) is 26.2 Å². The number of hydrogen-bond acceptors (Lipinski definition) is 5. The van der Waals surface area contributed by atoms with E-state index in [1.54, 1.807) is 13.4 Å². The van der Waals surface area contributed by atoms with Gasteiger partial charge in [-0.05, 0) is 31.6 Å². The molecular weight excluding hydrogens is 264 g/mol. The zero-order chi connectivity index (χ0) is 15.1. The summed E-state index contributed by atoms with van der Waals surface area (Å²) in [4.78, 5) is 8.55. The number of rotatable bonds is 7. The van der Waals surface area contributed by atoms with Crippen molar-refractivity contribution in [2.45, 2.75) is 46.0 Å². The van der Waals surface area contributed by atoms with Crippen LogP contribution in [0, 0.1) is 11.8 Å². The van der Waals surface area contributed by atoms with Crippen LogP contribution in [0.1, 0.15) is 46.0 Å². The molecule has 1 aliphatic rings. The molecule has 0 radical (unpaired) electrons. The zero-order valence-electron chi connectivity index (χ0n) is 13.5. The predicted octanol–water partition coefficient (Wildman–Crippen LogP) is 3.55. The third kappa shape index (κ3) is 4.22. The fraction of sp³-hybridized carbons (Fsp3) is 0.750. The van der Waals surface area contributed by atoms with Crippen LogP contribution in [-0.4, -0.2) is 30.2 Å². The lowest BCUT2D eigenvalue weighted by Gasteiger charge is -2.28. The summed E-state index contributed by atoms with van der Waals surface area (Å²) in [6.45, 7) is 6.13. The van der Waals surface area contributed by atoms with Gasteiger partial charge < -0.3 is 15.4 Å². The minimum absolute atomic E-state index is 0.710. The van der Waals surface area contributed by atoms with Gasteiger partial charge in [0.1, 0.15) is 6.33 Å². The van der Waals surface area contributed by atoms with Crippen molar-refractivity contribution >= 4 is 11.6 Å². The molecule has 2 N–H and O–H groups in total. The molecular formula is C16H28N4O. The lowest BCUT2D eigenvalue weighted by Crippen LogP contribution is -2.21. The molecule has 2 rings (SSSR count). The first-order valence-corrected chi connectivity index (χ1v) is 8.15. The van der Waals surface area contributed by atoms with Gasteiger partial charge >= 0.3 is 0 Å². The second kappa shape index (κ2) is 8.05. The Balaban J connectivity index is 1.92. The fourth-order valence-corrected chi connectivity index (χ4v) is 3.07. The Kier molecular flexibility index (Phi) is 6.08. The smallest absolute Gasteiger partial charge is 0.204 e. The Morgan fingerprint density at radius 1 is 1.05 bits per heavy atom. The number of ether oxygens (including phenoxy) is 1. The van der Waals surface area contributed by atoms with Gasteiger partial charge in [0.2, 0.25) is 5.75 Å². The average Bonchev–Trinajstić information content (AvgIpc) is 2.54. The Labute approximate surface area is 127 Å². The Morgan fingerprint density at radius 3 is 2.24 bits per heavy atom. The first-order chi connectivity index (χ1) is 10.3. The van der Waals surface area contributed by atoms with Crippen molar-refractivity contribution in [3.8, 4) is 5.75 Å². The minimum atomic E-state index is 0.710. The Bertz CT molecular complexity index is 430. The third-order valence-corrected chi connectivity index (χ3v) is 4.45. The van der Waals surface area contributed by atoms with Crippen LogP contribution in [0.15, 0.2) is 6.33 Å². The molecule has 1 aromatic rings. The van der Waals surface area contributed by atoms with E-state index < -0.39 is 0 Å². The molecule has 1 saturated carbocycles. The normalized spacial score (nSPS) is 21.9. The topological polar surface area (TPSA) is 59.1 Å². The molecule has 0 spiro atoms. The van der Waals surface area contributed by atoms with Gasteiger partial charge in [-0.3, -0.25) is 0 Å². The molecule has 0 unspecified atom stereocenters. The number of hydrogen-bond donors (Lipinski definition) is 2. The molecule has 0 bridgehead atoms. The standard InChI is InChI=1S/C16H28N4O/c1-4-12-6-8-13(9-7-12)10-18-16-14(21-3)15(17-5-2)19-11-20-16/h11-13H,4-10H2,1-3H3,(H2,17,18,19,20). The van der Waals surface area contributed by atoms with Gasteiger partial charge in [-0.25, -0.2) is 9.97 Å². The number of aromatic nitrogens is 2. The van der Waals surface area contributed by atoms with Gasteiger partial charge in [0.25, 0.3) is 0 Å². The van der Waals surface area contributed by atoms with Crippen LogP contribution in [-0.2, 0) is 0 Å². The Hall–Kier alpha value is -1.52. The lowest BCUT2D eigenvalue weighted by molar-refractivity contribution is 0.278. The molecule has 0 aliphatic heterocycles. The third-order valence-electron chi connectivity index (χ3n) is 4.45. The van der Waals surface area contributed by atoms with Gasteiger partial charge in [0.15, 0.2) is 11.6 Å². The Morgan fingerprint density at radius 2 is 1.67 bits per heavy atom. The first-order valence-electron chi connectivity index (χ1n) is 8.15. The summed E-state index contributed by atoms with van der Waals surface area (Å²) in [5, 5.41) is 6.65. The summed E-state index contributed by atoms with van der Waals surface area (Å²) in [6, 6.07) is 0. The highest BCUT2D eigenvalue weighted by Crippen LogP contribution is 2.32. The van der Waals surface area contributed by atoms with Gasteiger partial charge in [0, 0.05) is 13.1 Å². The summed E-state index contributed by atoms with van der Waals surface area (Å²) in [5.74, 6) is 3.94. The van der Waals surface area contributed by atoms with Gasteiger partial charge in [0.05, 0.1) is 7.11 Å². The zero-order valence-corrected chi connectivity index (χ0v) is 13.5. The van der Waals surface area contributed by atoms with Crippen LogP contribution in [0.25, 0.3) is 0 Å². The van der Waals surface area contributed by atoms with Crippen LogP contribution >= 0.6 is 0 Å². The van der Waals surface area contributed by atoms with Gasteiger partial charge in [-0.15, -0.1) is 0 Å². The van der Waals surface area contributed by atoms with Crippen LogP contribution < -0.4 is 15.4 Å². The van der Waals surface area contributed by atoms with Crippen molar-refractivity contribution in [2.75, 3.05) is 30.8 Å². The average molecular weight is 292 g/mol. The van der Waals surface area contributed by atoms with Crippen LogP contribution in [0.3, 0.4) is 0 Å². The molecule has 1 aliphatic carbocycles. The molecule has 1 fully saturated rings. The monoisotopic (exact) mass is 292 g/mol. The predicted molar refractivity (Wildman–Crippen MR) is 87.0 cm³/mol. The summed E-state index contributed by atoms with van der Waals surface area (Å²) >= 11 is 0. The summed E-state index contributed by atoms with van der Waals surface area (Å²) in [7, 11) is 1.66. The second-order valence-electron chi connectivity index (χ2n) is 5.81. The maximum Gasteiger partial charge on any atom is 0.204 e. The van der Waals surface area contributed by atoms with E-state index in [9.17, 15) is 0 Å².